The smallest absolute Gasteiger partial charge is 0.335 e. The van der Waals surface area contributed by atoms with Gasteiger partial charge in [0.05, 0.1) is 19.3 Å². The van der Waals surface area contributed by atoms with E-state index in [1.165, 1.54) is 6.92 Å². The summed E-state index contributed by atoms with van der Waals surface area (Å²) in [4.78, 5) is 11.7. The van der Waals surface area contributed by atoms with Crippen LogP contribution in [0, 0.1) is 0 Å². The number of rotatable bonds is 9. The van der Waals surface area contributed by atoms with Crippen molar-refractivity contribution < 1.29 is 104 Å². The van der Waals surface area contributed by atoms with Gasteiger partial charge in [0.25, 0.3) is 0 Å². The Hall–Kier alpha value is -1.29. The van der Waals surface area contributed by atoms with Crippen LogP contribution in [0.15, 0.2) is 0 Å². The molecular formula is C24H40O21. The summed E-state index contributed by atoms with van der Waals surface area (Å²) in [5.74, 6) is -1.76. The van der Waals surface area contributed by atoms with E-state index in [4.69, 9.17) is 33.2 Å². The molecule has 0 aromatic rings. The minimum absolute atomic E-state index is 0.746. The predicted octanol–water partition coefficient (Wildman–Crippen LogP) is -8.63. The van der Waals surface area contributed by atoms with Crippen LogP contribution in [0.4, 0.5) is 0 Å². The average Bonchev–Trinajstić information content (AvgIpc) is 3.00. The van der Waals surface area contributed by atoms with Crippen LogP contribution in [-0.2, 0) is 38.0 Å². The molecule has 4 saturated heterocycles. The molecule has 0 radical (unpaired) electrons. The summed E-state index contributed by atoms with van der Waals surface area (Å²) in [6.45, 7) is -0.196. The van der Waals surface area contributed by atoms with Gasteiger partial charge in [-0.25, -0.2) is 4.79 Å². The van der Waals surface area contributed by atoms with E-state index in [-0.39, 0.29) is 0 Å². The second-order valence-corrected chi connectivity index (χ2v) is 11.2. The number of ether oxygens (including phenoxy) is 7. The molecule has 0 saturated carbocycles. The molecule has 45 heavy (non-hydrogen) atoms. The number of aliphatic carboxylic acids is 1. The van der Waals surface area contributed by atoms with Crippen LogP contribution in [0.5, 0.6) is 0 Å². The number of carboxylic acids is 1. The molecule has 13 N–H and O–H groups in total. The van der Waals surface area contributed by atoms with Gasteiger partial charge in [0, 0.05) is 0 Å². The summed E-state index contributed by atoms with van der Waals surface area (Å²) < 4.78 is 37.4. The summed E-state index contributed by atoms with van der Waals surface area (Å²) >= 11 is 0. The lowest BCUT2D eigenvalue weighted by Crippen LogP contribution is -2.67. The fourth-order valence-corrected chi connectivity index (χ4v) is 5.34. The largest absolute Gasteiger partial charge is 0.479 e. The number of aliphatic hydroxyl groups is 12. The van der Waals surface area contributed by atoms with Gasteiger partial charge in [-0.05, 0) is 6.92 Å². The van der Waals surface area contributed by atoms with Crippen molar-refractivity contribution in [3.8, 4) is 0 Å². The molecule has 0 aromatic carbocycles. The first kappa shape index (κ1) is 36.5. The van der Waals surface area contributed by atoms with Crippen LogP contribution in [0.3, 0.4) is 0 Å². The van der Waals surface area contributed by atoms with E-state index < -0.39 is 142 Å². The minimum Gasteiger partial charge on any atom is -0.479 e. The molecular weight excluding hydrogens is 624 g/mol. The molecule has 262 valence electrons. The highest BCUT2D eigenvalue weighted by Crippen LogP contribution is 2.33. The van der Waals surface area contributed by atoms with Gasteiger partial charge in [-0.1, -0.05) is 0 Å². The maximum Gasteiger partial charge on any atom is 0.335 e. The quantitative estimate of drug-likeness (QED) is 0.109. The Morgan fingerprint density at radius 2 is 1.07 bits per heavy atom. The maximum atomic E-state index is 11.7. The van der Waals surface area contributed by atoms with Gasteiger partial charge in [0.2, 0.25) is 0 Å². The molecule has 21 heteroatoms. The third-order valence-corrected chi connectivity index (χ3v) is 8.11. The van der Waals surface area contributed by atoms with Gasteiger partial charge in [-0.3, -0.25) is 0 Å². The molecule has 0 amide bonds. The van der Waals surface area contributed by atoms with E-state index in [0.717, 1.165) is 0 Å². The zero-order chi connectivity index (χ0) is 33.5. The average molecular weight is 665 g/mol. The summed E-state index contributed by atoms with van der Waals surface area (Å²) in [6.07, 6.45) is -36.7. The molecule has 4 heterocycles. The Labute approximate surface area is 253 Å². The van der Waals surface area contributed by atoms with Gasteiger partial charge in [-0.2, -0.15) is 0 Å². The van der Waals surface area contributed by atoms with Crippen molar-refractivity contribution in [3.05, 3.63) is 0 Å². The molecule has 4 rings (SSSR count). The van der Waals surface area contributed by atoms with Crippen molar-refractivity contribution in [3.63, 3.8) is 0 Å². The zero-order valence-electron chi connectivity index (χ0n) is 23.5. The lowest BCUT2D eigenvalue weighted by Gasteiger charge is -2.47. The van der Waals surface area contributed by atoms with Gasteiger partial charge in [0.15, 0.2) is 31.3 Å². The van der Waals surface area contributed by atoms with E-state index in [1.54, 1.807) is 0 Å². The summed E-state index contributed by atoms with van der Waals surface area (Å²) in [7, 11) is 0. The highest BCUT2D eigenvalue weighted by molar-refractivity contribution is 5.73. The third-order valence-electron chi connectivity index (χ3n) is 8.11. The molecule has 20 atom stereocenters. The maximum absolute atomic E-state index is 11.7. The van der Waals surface area contributed by atoms with Gasteiger partial charge < -0.3 is 99.5 Å². The molecule has 4 fully saturated rings. The van der Waals surface area contributed by atoms with Crippen LogP contribution in [-0.4, -0.2) is 208 Å². The standard InChI is InChI=1S/C24H40O21/c1-4-7(26)10(29)14(33)23(40-4)45-19-17(16(35)18(20(36)37)43-21(19)38)44-24-15(34)12(31)9(28)6(42-24)3-39-22-13(32)11(30)8(27)5(2-25)41-22/h4-19,21-35,38H,2-3H2,1H3,(H,36,37)/t4-,5+,6+,7-,8+,9-,10+,11-,12-,13+,14+,15+,16-,17-,18-,19+,21+,22+,23-,24-/m0/s1. The zero-order valence-corrected chi connectivity index (χ0v) is 23.5. The summed E-state index contributed by atoms with van der Waals surface area (Å²) in [5, 5.41) is 132. The van der Waals surface area contributed by atoms with Crippen molar-refractivity contribution in [2.24, 2.45) is 0 Å². The van der Waals surface area contributed by atoms with Crippen molar-refractivity contribution >= 4 is 5.97 Å². The Morgan fingerprint density at radius 3 is 1.64 bits per heavy atom. The molecule has 4 aliphatic heterocycles. The fraction of sp³-hybridized carbons (Fsp3) is 0.958. The first-order chi connectivity index (χ1) is 21.1. The number of carboxylic acid groups (broad SMARTS) is 1. The van der Waals surface area contributed by atoms with E-state index in [9.17, 15) is 71.2 Å². The van der Waals surface area contributed by atoms with Crippen molar-refractivity contribution in [2.45, 2.75) is 130 Å². The summed E-state index contributed by atoms with van der Waals surface area (Å²) in [6, 6.07) is 0. The number of hydrogen-bond acceptors (Lipinski definition) is 20. The minimum atomic E-state index is -2.21. The van der Waals surface area contributed by atoms with Crippen LogP contribution < -0.4 is 0 Å². The number of hydrogen-bond donors (Lipinski definition) is 13. The van der Waals surface area contributed by atoms with E-state index in [1.807, 2.05) is 0 Å². The molecule has 21 nitrogen and oxygen atoms in total. The van der Waals surface area contributed by atoms with E-state index in [0.29, 0.717) is 0 Å². The van der Waals surface area contributed by atoms with Gasteiger partial charge in [-0.15, -0.1) is 0 Å². The first-order valence-electron chi connectivity index (χ1n) is 14.0. The van der Waals surface area contributed by atoms with Gasteiger partial charge in [0.1, 0.15) is 85.5 Å². The molecule has 0 aromatic heterocycles. The summed E-state index contributed by atoms with van der Waals surface area (Å²) in [5.41, 5.74) is 0. The highest BCUT2D eigenvalue weighted by Gasteiger charge is 2.55. The monoisotopic (exact) mass is 664 g/mol. The normalized spacial score (nSPS) is 52.8. The SMILES string of the molecule is C[C@@H]1O[C@@H](O[C@@H]2[C@@H](O[C@@H]3O[C@H](CO[C@@H]4O[C@H](CO)[C@@H](O)[C@H](O)[C@H]4O)[C@H](O)[C@H](O)[C@H]3O)[C@H](O)[C@@H](C(=O)O)O[C@H]2O)[C@H](O)[C@H](O)[C@H]1O. The predicted molar refractivity (Wildman–Crippen MR) is 133 cm³/mol. The molecule has 0 spiro atoms. The third kappa shape index (κ3) is 7.41. The highest BCUT2D eigenvalue weighted by atomic mass is 16.8. The second-order valence-electron chi connectivity index (χ2n) is 11.2. The van der Waals surface area contributed by atoms with Crippen molar-refractivity contribution in [1.29, 1.82) is 0 Å². The van der Waals surface area contributed by atoms with Crippen LogP contribution in [0.25, 0.3) is 0 Å². The van der Waals surface area contributed by atoms with Crippen LogP contribution >= 0.6 is 0 Å². The Bertz CT molecular complexity index is 973. The van der Waals surface area contributed by atoms with E-state index in [2.05, 4.69) is 0 Å². The lowest BCUT2D eigenvalue weighted by molar-refractivity contribution is -0.385. The Morgan fingerprint density at radius 1 is 0.578 bits per heavy atom. The fourth-order valence-electron chi connectivity index (χ4n) is 5.34. The molecule has 4 aliphatic rings. The second kappa shape index (κ2) is 14.9. The molecule has 0 unspecified atom stereocenters. The number of carbonyl (C=O) groups is 1. The molecule has 0 bridgehead atoms. The molecule has 0 aliphatic carbocycles. The first-order valence-corrected chi connectivity index (χ1v) is 14.0. The number of aliphatic hydroxyl groups excluding tert-OH is 12. The Balaban J connectivity index is 1.51. The van der Waals surface area contributed by atoms with Crippen LogP contribution in [0.1, 0.15) is 6.92 Å². The Kier molecular flexibility index (Phi) is 12.1. The van der Waals surface area contributed by atoms with Crippen LogP contribution in [0.2, 0.25) is 0 Å². The topological polar surface area (TPSA) is 345 Å². The van der Waals surface area contributed by atoms with Gasteiger partial charge >= 0.3 is 5.97 Å². The van der Waals surface area contributed by atoms with Crippen molar-refractivity contribution in [2.75, 3.05) is 13.2 Å². The van der Waals surface area contributed by atoms with E-state index >= 15 is 0 Å². The van der Waals surface area contributed by atoms with Crippen molar-refractivity contribution in [1.82, 2.24) is 0 Å². The lowest BCUT2D eigenvalue weighted by atomic mass is 9.96.